The maximum atomic E-state index is 12.0. The average Bonchev–Trinajstić information content (AvgIpc) is 3.13. The van der Waals surface area contributed by atoms with E-state index in [1.807, 2.05) is 29.6 Å². The highest BCUT2D eigenvalue weighted by Gasteiger charge is 2.22. The van der Waals surface area contributed by atoms with Crippen LogP contribution in [0.1, 0.15) is 6.42 Å². The molecule has 98 valence electrons. The van der Waals surface area contributed by atoms with Crippen molar-refractivity contribution < 1.29 is 4.79 Å². The van der Waals surface area contributed by atoms with E-state index in [0.29, 0.717) is 0 Å². The summed E-state index contributed by atoms with van der Waals surface area (Å²) in [5.41, 5.74) is 1.92. The zero-order chi connectivity index (χ0) is 13.1. The monoisotopic (exact) mass is 273 g/mol. The molecule has 1 atom stereocenters. The third-order valence-electron chi connectivity index (χ3n) is 3.26. The number of hydrogen-bond acceptors (Lipinski definition) is 4. The van der Waals surface area contributed by atoms with E-state index in [2.05, 4.69) is 15.6 Å². The lowest BCUT2D eigenvalue weighted by molar-refractivity contribution is -0.119. The van der Waals surface area contributed by atoms with E-state index in [1.165, 1.54) is 0 Å². The van der Waals surface area contributed by atoms with Gasteiger partial charge in [-0.25, -0.2) is 4.98 Å². The predicted octanol–water partition coefficient (Wildman–Crippen LogP) is 2.36. The highest BCUT2D eigenvalue weighted by molar-refractivity contribution is 7.13. The number of hydrogen-bond donors (Lipinski definition) is 2. The van der Waals surface area contributed by atoms with Crippen molar-refractivity contribution in [1.82, 2.24) is 10.3 Å². The summed E-state index contributed by atoms with van der Waals surface area (Å²) in [6.07, 6.45) is 2.71. The van der Waals surface area contributed by atoms with E-state index >= 15 is 0 Å². The van der Waals surface area contributed by atoms with Crippen molar-refractivity contribution >= 4 is 22.9 Å². The minimum Gasteiger partial charge on any atom is -0.326 e. The molecule has 0 aliphatic carbocycles. The van der Waals surface area contributed by atoms with Crippen molar-refractivity contribution in [3.8, 4) is 10.6 Å². The number of carbonyl (C=O) groups excluding carboxylic acids is 1. The van der Waals surface area contributed by atoms with Crippen molar-refractivity contribution in [3.05, 3.63) is 35.8 Å². The Kier molecular flexibility index (Phi) is 3.57. The molecule has 1 unspecified atom stereocenters. The topological polar surface area (TPSA) is 54.0 Å². The Morgan fingerprint density at radius 2 is 2.21 bits per heavy atom. The van der Waals surface area contributed by atoms with Crippen molar-refractivity contribution in [1.29, 1.82) is 0 Å². The van der Waals surface area contributed by atoms with Gasteiger partial charge in [-0.05, 0) is 37.2 Å². The molecule has 0 saturated carbocycles. The molecule has 2 heterocycles. The second-order valence-electron chi connectivity index (χ2n) is 4.59. The van der Waals surface area contributed by atoms with Gasteiger partial charge in [-0.2, -0.15) is 0 Å². The van der Waals surface area contributed by atoms with Crippen molar-refractivity contribution in [2.24, 2.45) is 5.92 Å². The van der Waals surface area contributed by atoms with Gasteiger partial charge < -0.3 is 10.6 Å². The molecule has 1 aromatic heterocycles. The van der Waals surface area contributed by atoms with Crippen LogP contribution in [0.4, 0.5) is 5.69 Å². The van der Waals surface area contributed by atoms with E-state index < -0.39 is 0 Å². The summed E-state index contributed by atoms with van der Waals surface area (Å²) in [4.78, 5) is 16.2. The second-order valence-corrected chi connectivity index (χ2v) is 5.49. The van der Waals surface area contributed by atoms with Gasteiger partial charge in [0.05, 0.1) is 5.92 Å². The van der Waals surface area contributed by atoms with E-state index in [4.69, 9.17) is 0 Å². The van der Waals surface area contributed by atoms with Crippen LogP contribution in [0.3, 0.4) is 0 Å². The third kappa shape index (κ3) is 2.83. The summed E-state index contributed by atoms with van der Waals surface area (Å²) in [5.74, 6) is 0.200. The third-order valence-corrected chi connectivity index (χ3v) is 4.08. The lowest BCUT2D eigenvalue weighted by Gasteiger charge is -2.10. The van der Waals surface area contributed by atoms with Crippen LogP contribution in [0.15, 0.2) is 35.8 Å². The molecule has 0 bridgehead atoms. The van der Waals surface area contributed by atoms with Gasteiger partial charge in [0.1, 0.15) is 5.01 Å². The molecular weight excluding hydrogens is 258 g/mol. The van der Waals surface area contributed by atoms with Crippen LogP contribution in [-0.2, 0) is 4.79 Å². The van der Waals surface area contributed by atoms with Crippen LogP contribution in [0.2, 0.25) is 0 Å². The lowest BCUT2D eigenvalue weighted by Crippen LogP contribution is -2.24. The summed E-state index contributed by atoms with van der Waals surface area (Å²) in [6.45, 7) is 1.71. The molecule has 3 rings (SSSR count). The molecule has 1 saturated heterocycles. The average molecular weight is 273 g/mol. The molecule has 1 aliphatic rings. The first kappa shape index (κ1) is 12.3. The van der Waals surface area contributed by atoms with Gasteiger partial charge in [0, 0.05) is 29.4 Å². The molecule has 5 heteroatoms. The van der Waals surface area contributed by atoms with E-state index in [0.717, 1.165) is 35.8 Å². The van der Waals surface area contributed by atoms with Crippen LogP contribution in [-0.4, -0.2) is 24.0 Å². The Hall–Kier alpha value is -1.72. The smallest absolute Gasteiger partial charge is 0.228 e. The van der Waals surface area contributed by atoms with Gasteiger partial charge in [0.2, 0.25) is 5.91 Å². The molecule has 2 aromatic rings. The van der Waals surface area contributed by atoms with Crippen molar-refractivity contribution in [2.45, 2.75) is 6.42 Å². The number of benzene rings is 1. The van der Waals surface area contributed by atoms with E-state index in [1.54, 1.807) is 17.5 Å². The quantitative estimate of drug-likeness (QED) is 0.902. The summed E-state index contributed by atoms with van der Waals surface area (Å²) >= 11 is 1.61. The number of nitrogens with zero attached hydrogens (tertiary/aromatic N) is 1. The number of anilines is 1. The largest absolute Gasteiger partial charge is 0.326 e. The fraction of sp³-hybridized carbons (Fsp3) is 0.286. The van der Waals surface area contributed by atoms with Gasteiger partial charge in [0.15, 0.2) is 0 Å². The Morgan fingerprint density at radius 3 is 2.84 bits per heavy atom. The Bertz CT molecular complexity index is 545. The fourth-order valence-corrected chi connectivity index (χ4v) is 2.83. The Morgan fingerprint density at radius 1 is 1.37 bits per heavy atom. The van der Waals surface area contributed by atoms with Crippen LogP contribution in [0, 0.1) is 5.92 Å². The van der Waals surface area contributed by atoms with Gasteiger partial charge in [-0.3, -0.25) is 4.79 Å². The number of aromatic nitrogens is 1. The standard InChI is InChI=1S/C14H15N3OS/c18-13(11-5-6-15-9-11)17-12-3-1-10(2-4-12)14-16-7-8-19-14/h1-4,7-8,11,15H,5-6,9H2,(H,17,18). The predicted molar refractivity (Wildman–Crippen MR) is 77.2 cm³/mol. The number of carbonyl (C=O) groups is 1. The molecule has 1 fully saturated rings. The maximum Gasteiger partial charge on any atom is 0.228 e. The Balaban J connectivity index is 1.67. The van der Waals surface area contributed by atoms with E-state index in [9.17, 15) is 4.79 Å². The highest BCUT2D eigenvalue weighted by atomic mass is 32.1. The molecule has 2 N–H and O–H groups in total. The summed E-state index contributed by atoms with van der Waals surface area (Å²) in [5, 5.41) is 9.11. The zero-order valence-corrected chi connectivity index (χ0v) is 11.2. The first-order valence-corrected chi connectivity index (χ1v) is 7.22. The number of nitrogens with one attached hydrogen (secondary N) is 2. The van der Waals surface area contributed by atoms with Crippen LogP contribution < -0.4 is 10.6 Å². The van der Waals surface area contributed by atoms with Crippen LogP contribution in [0.5, 0.6) is 0 Å². The first-order valence-electron chi connectivity index (χ1n) is 6.34. The molecule has 0 radical (unpaired) electrons. The maximum absolute atomic E-state index is 12.0. The molecule has 4 nitrogen and oxygen atoms in total. The summed E-state index contributed by atoms with van der Waals surface area (Å²) in [7, 11) is 0. The lowest BCUT2D eigenvalue weighted by atomic mass is 10.1. The minimum absolute atomic E-state index is 0.0960. The van der Waals surface area contributed by atoms with Gasteiger partial charge in [-0.1, -0.05) is 0 Å². The number of amides is 1. The SMILES string of the molecule is O=C(Nc1ccc(-c2nccs2)cc1)C1CCNC1. The van der Waals surface area contributed by atoms with E-state index in [-0.39, 0.29) is 11.8 Å². The zero-order valence-electron chi connectivity index (χ0n) is 10.4. The van der Waals surface area contributed by atoms with Gasteiger partial charge in [0.25, 0.3) is 0 Å². The normalized spacial score (nSPS) is 18.4. The molecule has 1 aliphatic heterocycles. The van der Waals surface area contributed by atoms with Crippen LogP contribution >= 0.6 is 11.3 Å². The summed E-state index contributed by atoms with van der Waals surface area (Å²) < 4.78 is 0. The fourth-order valence-electron chi connectivity index (χ4n) is 2.18. The minimum atomic E-state index is 0.0960. The molecular formula is C14H15N3OS. The summed E-state index contributed by atoms with van der Waals surface area (Å²) in [6, 6.07) is 7.83. The van der Waals surface area contributed by atoms with Crippen LogP contribution in [0.25, 0.3) is 10.6 Å². The number of rotatable bonds is 3. The second kappa shape index (κ2) is 5.50. The molecule has 0 spiro atoms. The molecule has 1 amide bonds. The van der Waals surface area contributed by atoms with Crippen molar-refractivity contribution in [2.75, 3.05) is 18.4 Å². The first-order chi connectivity index (χ1) is 9.33. The number of thiazole rings is 1. The van der Waals surface area contributed by atoms with Crippen molar-refractivity contribution in [3.63, 3.8) is 0 Å². The molecule has 19 heavy (non-hydrogen) atoms. The van der Waals surface area contributed by atoms with Gasteiger partial charge in [-0.15, -0.1) is 11.3 Å². The Labute approximate surface area is 115 Å². The highest BCUT2D eigenvalue weighted by Crippen LogP contribution is 2.23. The van der Waals surface area contributed by atoms with Gasteiger partial charge >= 0.3 is 0 Å². The molecule has 1 aromatic carbocycles.